The topological polar surface area (TPSA) is 17.0 Å². The lowest BCUT2D eigenvalue weighted by atomic mass is 10.1. The average molecular weight is 288 g/mol. The number of benzene rings is 1. The van der Waals surface area contributed by atoms with Crippen molar-refractivity contribution in [1.29, 1.82) is 0 Å². The molecule has 1 atom stereocenters. The monoisotopic (exact) mass is 288 g/mol. The van der Waals surface area contributed by atoms with Crippen LogP contribution in [0.25, 0.3) is 0 Å². The Hall–Kier alpha value is -1.61. The van der Waals surface area contributed by atoms with Crippen molar-refractivity contribution in [2.75, 3.05) is 6.54 Å². The van der Waals surface area contributed by atoms with E-state index in [2.05, 4.69) is 42.2 Å². The van der Waals surface area contributed by atoms with Gasteiger partial charge in [0.05, 0.1) is 0 Å². The van der Waals surface area contributed by atoms with Crippen molar-refractivity contribution in [2.24, 2.45) is 0 Å². The predicted octanol–water partition coefficient (Wildman–Crippen LogP) is 4.43. The van der Waals surface area contributed by atoms with E-state index in [0.717, 1.165) is 30.6 Å². The van der Waals surface area contributed by atoms with Gasteiger partial charge < -0.3 is 9.88 Å². The van der Waals surface area contributed by atoms with Gasteiger partial charge in [-0.2, -0.15) is 0 Å². The Morgan fingerprint density at radius 1 is 1.24 bits per heavy atom. The van der Waals surface area contributed by atoms with Gasteiger partial charge in [-0.05, 0) is 54.8 Å². The molecule has 0 aliphatic heterocycles. The first-order valence-electron chi connectivity index (χ1n) is 7.78. The van der Waals surface area contributed by atoms with E-state index in [4.69, 9.17) is 0 Å². The number of rotatable bonds is 7. The molecule has 0 bridgehead atoms. The second kappa shape index (κ2) is 7.41. The second-order valence-corrected chi connectivity index (χ2v) is 5.59. The van der Waals surface area contributed by atoms with E-state index < -0.39 is 0 Å². The minimum absolute atomic E-state index is 0.167. The number of nitrogens with one attached hydrogen (secondary N) is 1. The van der Waals surface area contributed by atoms with E-state index in [1.165, 1.54) is 18.1 Å². The normalized spacial score (nSPS) is 12.6. The molecule has 2 rings (SSSR count). The molecule has 0 spiro atoms. The van der Waals surface area contributed by atoms with E-state index in [1.807, 2.05) is 13.0 Å². The molecule has 21 heavy (non-hydrogen) atoms. The summed E-state index contributed by atoms with van der Waals surface area (Å²) < 4.78 is 15.3. The van der Waals surface area contributed by atoms with E-state index in [1.54, 1.807) is 6.07 Å². The number of aromatic nitrogens is 1. The van der Waals surface area contributed by atoms with Gasteiger partial charge in [-0.15, -0.1) is 0 Å². The molecule has 114 valence electrons. The minimum Gasteiger partial charge on any atom is -0.350 e. The first kappa shape index (κ1) is 15.8. The maximum atomic E-state index is 13.2. The Morgan fingerprint density at radius 2 is 2.05 bits per heavy atom. The van der Waals surface area contributed by atoms with Crippen LogP contribution in [0.3, 0.4) is 0 Å². The van der Waals surface area contributed by atoms with Crippen LogP contribution in [-0.4, -0.2) is 11.1 Å². The molecule has 0 saturated carbocycles. The summed E-state index contributed by atoms with van der Waals surface area (Å²) in [4.78, 5) is 0. The number of nitrogens with zero attached hydrogens (tertiary/aromatic N) is 1. The van der Waals surface area contributed by atoms with Gasteiger partial charge in [-0.1, -0.05) is 26.3 Å². The number of aryl methyl sites for hydroxylation is 1. The zero-order chi connectivity index (χ0) is 15.2. The summed E-state index contributed by atoms with van der Waals surface area (Å²) in [6.07, 6.45) is 6.62. The quantitative estimate of drug-likeness (QED) is 0.797. The molecular weight excluding hydrogens is 263 g/mol. The molecule has 0 saturated heterocycles. The molecule has 1 aromatic heterocycles. The van der Waals surface area contributed by atoms with Gasteiger partial charge in [0.1, 0.15) is 5.82 Å². The summed E-state index contributed by atoms with van der Waals surface area (Å²) in [5, 5.41) is 3.53. The summed E-state index contributed by atoms with van der Waals surface area (Å²) >= 11 is 0. The number of hydrogen-bond acceptors (Lipinski definition) is 1. The third-order valence-corrected chi connectivity index (χ3v) is 3.86. The Labute approximate surface area is 127 Å². The lowest BCUT2D eigenvalue weighted by molar-refractivity contribution is 0.508. The Kier molecular flexibility index (Phi) is 5.57. The third kappa shape index (κ3) is 4.18. The zero-order valence-electron chi connectivity index (χ0n) is 13.2. The molecule has 1 N–H and O–H groups in total. The number of hydrogen-bond donors (Lipinski definition) is 1. The van der Waals surface area contributed by atoms with Crippen molar-refractivity contribution in [1.82, 2.24) is 9.88 Å². The molecule has 2 nitrogen and oxygen atoms in total. The molecule has 0 amide bonds. The van der Waals surface area contributed by atoms with Crippen molar-refractivity contribution in [3.63, 3.8) is 0 Å². The maximum Gasteiger partial charge on any atom is 0.123 e. The molecule has 1 aromatic carbocycles. The molecule has 1 heterocycles. The first-order chi connectivity index (χ1) is 10.1. The van der Waals surface area contributed by atoms with Crippen molar-refractivity contribution in [3.8, 4) is 0 Å². The van der Waals surface area contributed by atoms with Crippen LogP contribution in [0, 0.1) is 12.7 Å². The maximum absolute atomic E-state index is 13.2. The highest BCUT2D eigenvalue weighted by atomic mass is 19.1. The standard InChI is InChI=1S/C18H25FN2/c1-4-6-18(20-5-2)16-9-10-21(13-16)12-15-7-8-17(19)11-14(15)3/h7-11,13,18,20H,4-6,12H2,1-3H3. The van der Waals surface area contributed by atoms with Gasteiger partial charge in [0.25, 0.3) is 0 Å². The van der Waals surface area contributed by atoms with E-state index in [-0.39, 0.29) is 5.82 Å². The highest BCUT2D eigenvalue weighted by Gasteiger charge is 2.11. The highest BCUT2D eigenvalue weighted by Crippen LogP contribution is 2.20. The van der Waals surface area contributed by atoms with Gasteiger partial charge in [-0.25, -0.2) is 4.39 Å². The van der Waals surface area contributed by atoms with Crippen molar-refractivity contribution < 1.29 is 4.39 Å². The molecule has 1 unspecified atom stereocenters. The first-order valence-corrected chi connectivity index (χ1v) is 7.78. The van der Waals surface area contributed by atoms with Crippen LogP contribution >= 0.6 is 0 Å². The largest absolute Gasteiger partial charge is 0.350 e. The van der Waals surface area contributed by atoms with Gasteiger partial charge in [0.2, 0.25) is 0 Å². The molecule has 0 aliphatic carbocycles. The second-order valence-electron chi connectivity index (χ2n) is 5.59. The van der Waals surface area contributed by atoms with Crippen molar-refractivity contribution >= 4 is 0 Å². The average Bonchev–Trinajstić information content (AvgIpc) is 2.90. The van der Waals surface area contributed by atoms with Gasteiger partial charge in [0, 0.05) is 25.0 Å². The van der Waals surface area contributed by atoms with Crippen LogP contribution in [0.5, 0.6) is 0 Å². The van der Waals surface area contributed by atoms with Crippen LogP contribution in [0.1, 0.15) is 49.4 Å². The highest BCUT2D eigenvalue weighted by molar-refractivity contribution is 5.27. The fraction of sp³-hybridized carbons (Fsp3) is 0.444. The Bertz CT molecular complexity index is 568. The SMILES string of the molecule is CCCC(NCC)c1ccn(Cc2ccc(F)cc2C)c1. The lowest BCUT2D eigenvalue weighted by Gasteiger charge is -2.15. The molecule has 0 radical (unpaired) electrons. The van der Waals surface area contributed by atoms with Gasteiger partial charge in [0.15, 0.2) is 0 Å². The van der Waals surface area contributed by atoms with Crippen molar-refractivity contribution in [2.45, 2.75) is 46.2 Å². The minimum atomic E-state index is -0.167. The summed E-state index contributed by atoms with van der Waals surface area (Å²) in [5.41, 5.74) is 3.49. The summed E-state index contributed by atoms with van der Waals surface area (Å²) in [5.74, 6) is -0.167. The summed E-state index contributed by atoms with van der Waals surface area (Å²) in [6, 6.07) is 7.61. The molecule has 3 heteroatoms. The fourth-order valence-electron chi connectivity index (χ4n) is 2.72. The molecule has 2 aromatic rings. The van der Waals surface area contributed by atoms with Crippen LogP contribution in [0.2, 0.25) is 0 Å². The van der Waals surface area contributed by atoms with E-state index >= 15 is 0 Å². The number of halogens is 1. The van der Waals surface area contributed by atoms with E-state index in [0.29, 0.717) is 6.04 Å². The third-order valence-electron chi connectivity index (χ3n) is 3.86. The summed E-state index contributed by atoms with van der Waals surface area (Å²) in [6.45, 7) is 8.08. The lowest BCUT2D eigenvalue weighted by Crippen LogP contribution is -2.20. The summed E-state index contributed by atoms with van der Waals surface area (Å²) in [7, 11) is 0. The Morgan fingerprint density at radius 3 is 2.71 bits per heavy atom. The van der Waals surface area contributed by atoms with Gasteiger partial charge in [-0.3, -0.25) is 0 Å². The zero-order valence-corrected chi connectivity index (χ0v) is 13.2. The van der Waals surface area contributed by atoms with Crippen LogP contribution in [0.4, 0.5) is 4.39 Å². The Balaban J connectivity index is 2.11. The van der Waals surface area contributed by atoms with Crippen molar-refractivity contribution in [3.05, 3.63) is 59.2 Å². The fourth-order valence-corrected chi connectivity index (χ4v) is 2.72. The van der Waals surface area contributed by atoms with Gasteiger partial charge >= 0.3 is 0 Å². The molecular formula is C18H25FN2. The van der Waals surface area contributed by atoms with Crippen LogP contribution in [0.15, 0.2) is 36.7 Å². The predicted molar refractivity (Wildman–Crippen MR) is 86.0 cm³/mol. The molecule has 0 fully saturated rings. The van der Waals surface area contributed by atoms with Crippen LogP contribution in [-0.2, 0) is 6.54 Å². The smallest absolute Gasteiger partial charge is 0.123 e. The van der Waals surface area contributed by atoms with E-state index in [9.17, 15) is 4.39 Å². The van der Waals surface area contributed by atoms with Crippen LogP contribution < -0.4 is 5.32 Å². The molecule has 0 aliphatic rings.